The maximum atomic E-state index is 10.9. The molecule has 2 aliphatic rings. The summed E-state index contributed by atoms with van der Waals surface area (Å²) in [4.78, 5) is 0. The summed E-state index contributed by atoms with van der Waals surface area (Å²) in [6.07, 6.45) is -15.9. The van der Waals surface area contributed by atoms with Crippen LogP contribution in [0, 0.1) is 13.8 Å². The van der Waals surface area contributed by atoms with E-state index in [4.69, 9.17) is 18.9 Å². The first-order chi connectivity index (χ1) is 19.4. The molecule has 14 nitrogen and oxygen atoms in total. The number of hydrogen-bond acceptors (Lipinski definition) is 14. The summed E-state index contributed by atoms with van der Waals surface area (Å²) >= 11 is 0. The average Bonchev–Trinajstić information content (AvgIpc) is 2.92. The number of phenolic OH excluding ortho intramolecular Hbond substituents is 2. The van der Waals surface area contributed by atoms with Gasteiger partial charge < -0.3 is 70.0 Å². The minimum absolute atomic E-state index is 0.0226. The maximum absolute atomic E-state index is 10.9. The molecule has 10 atom stereocenters. The predicted molar refractivity (Wildman–Crippen MR) is 137 cm³/mol. The van der Waals surface area contributed by atoms with Crippen LogP contribution in [0.15, 0.2) is 24.3 Å². The molecule has 2 fully saturated rings. The fraction of sp³-hybridized carbons (Fsp3) is 0.556. The van der Waals surface area contributed by atoms with Crippen LogP contribution in [-0.4, -0.2) is 126 Å². The maximum Gasteiger partial charge on any atom is 0.229 e. The summed E-state index contributed by atoms with van der Waals surface area (Å²) < 4.78 is 22.5. The van der Waals surface area contributed by atoms with Crippen LogP contribution in [0.3, 0.4) is 0 Å². The molecular weight excluding hydrogens is 548 g/mol. The number of aliphatic hydroxyl groups is 8. The van der Waals surface area contributed by atoms with Crippen molar-refractivity contribution in [2.24, 2.45) is 0 Å². The Balaban J connectivity index is 1.68. The van der Waals surface area contributed by atoms with Crippen molar-refractivity contribution in [1.82, 2.24) is 0 Å². The first-order valence-corrected chi connectivity index (χ1v) is 13.0. The summed E-state index contributed by atoms with van der Waals surface area (Å²) in [5, 5.41) is 102. The molecule has 0 spiro atoms. The van der Waals surface area contributed by atoms with Gasteiger partial charge in [-0.25, -0.2) is 0 Å². The normalized spacial score (nSPS) is 33.9. The lowest BCUT2D eigenvalue weighted by Crippen LogP contribution is -2.60. The molecule has 41 heavy (non-hydrogen) atoms. The number of ether oxygens (including phenoxy) is 4. The van der Waals surface area contributed by atoms with Crippen molar-refractivity contribution in [3.05, 3.63) is 46.5 Å². The van der Waals surface area contributed by atoms with E-state index in [0.717, 1.165) is 0 Å². The number of aromatic hydroxyl groups is 2. The van der Waals surface area contributed by atoms with Crippen LogP contribution >= 0.6 is 0 Å². The van der Waals surface area contributed by atoms with Gasteiger partial charge in [-0.1, -0.05) is 0 Å². The standard InChI is InChI=1S/C27H36O14/c1-10-3-14(30)12(16(5-10)38-26-24(36)22(34)20(32)18(8-28)40-26)7-13-15(31)4-11(2)6-17(13)39-27-25(37)23(35)21(33)19(9-29)41-27/h3-6,18-37H,7-9H2,1-2H3/t18-,19-,20-,21-,22+,23+,24-,25-,26+,27+/m1/s1. The van der Waals surface area contributed by atoms with Gasteiger partial charge in [0.1, 0.15) is 71.8 Å². The van der Waals surface area contributed by atoms with Gasteiger partial charge in [0.05, 0.1) is 13.2 Å². The van der Waals surface area contributed by atoms with Crippen LogP contribution in [0.5, 0.6) is 23.0 Å². The highest BCUT2D eigenvalue weighted by Crippen LogP contribution is 2.40. The van der Waals surface area contributed by atoms with Crippen molar-refractivity contribution in [2.45, 2.75) is 81.7 Å². The molecule has 0 saturated carbocycles. The summed E-state index contributed by atoms with van der Waals surface area (Å²) in [5.74, 6) is -0.595. The van der Waals surface area contributed by atoms with Gasteiger partial charge in [-0.05, 0) is 49.2 Å². The largest absolute Gasteiger partial charge is 0.508 e. The predicted octanol–water partition coefficient (Wildman–Crippen LogP) is -2.34. The Kier molecular flexibility index (Phi) is 9.60. The second-order valence-corrected chi connectivity index (χ2v) is 10.3. The topological polar surface area (TPSA) is 239 Å². The summed E-state index contributed by atoms with van der Waals surface area (Å²) in [6, 6.07) is 5.83. The lowest BCUT2D eigenvalue weighted by atomic mass is 9.97. The minimum atomic E-state index is -1.72. The van der Waals surface area contributed by atoms with Crippen molar-refractivity contribution >= 4 is 0 Å². The van der Waals surface area contributed by atoms with E-state index in [0.29, 0.717) is 11.1 Å². The van der Waals surface area contributed by atoms with Gasteiger partial charge in [0.25, 0.3) is 0 Å². The van der Waals surface area contributed by atoms with Crippen LogP contribution in [0.1, 0.15) is 22.3 Å². The molecule has 2 heterocycles. The summed E-state index contributed by atoms with van der Waals surface area (Å²) in [7, 11) is 0. The van der Waals surface area contributed by atoms with Crippen molar-refractivity contribution in [2.75, 3.05) is 13.2 Å². The Morgan fingerprint density at radius 1 is 0.585 bits per heavy atom. The zero-order chi connectivity index (χ0) is 30.2. The van der Waals surface area contributed by atoms with Crippen LogP contribution in [0.2, 0.25) is 0 Å². The smallest absolute Gasteiger partial charge is 0.229 e. The molecule has 0 radical (unpaired) electrons. The second kappa shape index (κ2) is 12.6. The van der Waals surface area contributed by atoms with E-state index < -0.39 is 74.6 Å². The fourth-order valence-electron chi connectivity index (χ4n) is 4.85. The molecule has 0 unspecified atom stereocenters. The van der Waals surface area contributed by atoms with Gasteiger partial charge >= 0.3 is 0 Å². The van der Waals surface area contributed by atoms with Crippen molar-refractivity contribution in [3.63, 3.8) is 0 Å². The molecule has 228 valence electrons. The summed E-state index contributed by atoms with van der Waals surface area (Å²) in [6.45, 7) is 1.96. The molecule has 2 aliphatic heterocycles. The van der Waals surface area contributed by atoms with E-state index in [1.807, 2.05) is 0 Å². The lowest BCUT2D eigenvalue weighted by molar-refractivity contribution is -0.277. The van der Waals surface area contributed by atoms with E-state index in [1.165, 1.54) is 24.3 Å². The van der Waals surface area contributed by atoms with Gasteiger partial charge in [0.2, 0.25) is 12.6 Å². The first-order valence-electron chi connectivity index (χ1n) is 13.0. The summed E-state index contributed by atoms with van der Waals surface area (Å²) in [5.41, 5.74) is 1.25. The number of aliphatic hydroxyl groups excluding tert-OH is 8. The van der Waals surface area contributed by atoms with Crippen molar-refractivity contribution in [3.8, 4) is 23.0 Å². The van der Waals surface area contributed by atoms with E-state index in [9.17, 15) is 51.1 Å². The molecule has 4 rings (SSSR count). The van der Waals surface area contributed by atoms with Crippen LogP contribution in [0.25, 0.3) is 0 Å². The van der Waals surface area contributed by atoms with E-state index in [2.05, 4.69) is 0 Å². The Bertz CT molecular complexity index is 1110. The number of hydrogen-bond donors (Lipinski definition) is 10. The van der Waals surface area contributed by atoms with Gasteiger partial charge in [-0.15, -0.1) is 0 Å². The fourth-order valence-corrected chi connectivity index (χ4v) is 4.85. The zero-order valence-corrected chi connectivity index (χ0v) is 22.3. The van der Waals surface area contributed by atoms with Crippen molar-refractivity contribution < 1.29 is 70.0 Å². The quantitative estimate of drug-likeness (QED) is 0.157. The minimum Gasteiger partial charge on any atom is -0.508 e. The molecule has 2 saturated heterocycles. The van der Waals surface area contributed by atoms with Gasteiger partial charge in [0, 0.05) is 17.5 Å². The third-order valence-corrected chi connectivity index (χ3v) is 7.20. The van der Waals surface area contributed by atoms with Crippen LogP contribution < -0.4 is 9.47 Å². The van der Waals surface area contributed by atoms with E-state index >= 15 is 0 Å². The zero-order valence-electron chi connectivity index (χ0n) is 22.3. The Morgan fingerprint density at radius 2 is 0.951 bits per heavy atom. The van der Waals surface area contributed by atoms with Gasteiger partial charge in [-0.2, -0.15) is 0 Å². The first kappa shape index (κ1) is 31.2. The Labute approximate surface area is 234 Å². The highest BCUT2D eigenvalue weighted by molar-refractivity contribution is 5.55. The van der Waals surface area contributed by atoms with Crippen LogP contribution in [0.4, 0.5) is 0 Å². The van der Waals surface area contributed by atoms with Gasteiger partial charge in [0.15, 0.2) is 0 Å². The molecule has 2 aromatic carbocycles. The number of benzene rings is 2. The number of phenols is 2. The molecule has 14 heteroatoms. The van der Waals surface area contributed by atoms with Crippen molar-refractivity contribution in [1.29, 1.82) is 0 Å². The molecule has 0 aromatic heterocycles. The average molecular weight is 585 g/mol. The van der Waals surface area contributed by atoms with Crippen LogP contribution in [-0.2, 0) is 15.9 Å². The SMILES string of the molecule is Cc1cc(O)c(Cc2c(O)cc(C)cc2O[C@H]2O[C@H](CO)[C@@H](O)[C@H](O)[C@H]2O)c(O[C@H]2O[C@H](CO)[C@@H](O)[C@H](O)[C@H]2O)c1. The monoisotopic (exact) mass is 584 g/mol. The third-order valence-electron chi connectivity index (χ3n) is 7.20. The second-order valence-electron chi connectivity index (χ2n) is 10.3. The number of aryl methyl sites for hydroxylation is 2. The molecule has 0 amide bonds. The molecule has 10 N–H and O–H groups in total. The lowest BCUT2D eigenvalue weighted by Gasteiger charge is -2.40. The molecular formula is C27H36O14. The Hall–Kier alpha value is -2.76. The highest BCUT2D eigenvalue weighted by Gasteiger charge is 2.46. The molecule has 0 bridgehead atoms. The molecule has 0 aliphatic carbocycles. The van der Waals surface area contributed by atoms with E-state index in [-0.39, 0.29) is 40.5 Å². The van der Waals surface area contributed by atoms with E-state index in [1.54, 1.807) is 13.8 Å². The third kappa shape index (κ3) is 6.36. The van der Waals surface area contributed by atoms with Gasteiger partial charge in [-0.3, -0.25) is 0 Å². The number of rotatable bonds is 8. The highest BCUT2D eigenvalue weighted by atomic mass is 16.7. The Morgan fingerprint density at radius 3 is 1.29 bits per heavy atom. The molecule has 2 aromatic rings.